The largest absolute Gasteiger partial charge is 0.389 e. The second-order valence-corrected chi connectivity index (χ2v) is 9.46. The van der Waals surface area contributed by atoms with Gasteiger partial charge < -0.3 is 15.2 Å². The average molecular weight is 497 g/mol. The smallest absolute Gasteiger partial charge is 0.0898 e. The van der Waals surface area contributed by atoms with Gasteiger partial charge in [0, 0.05) is 27.7 Å². The first-order valence-corrected chi connectivity index (χ1v) is 11.5. The van der Waals surface area contributed by atoms with Gasteiger partial charge in [-0.05, 0) is 55.2 Å². The first-order valence-electron chi connectivity index (χ1n) is 10.8. The Balaban J connectivity index is 0.00000363. The van der Waals surface area contributed by atoms with Gasteiger partial charge in [-0.1, -0.05) is 78.7 Å². The van der Waals surface area contributed by atoms with E-state index >= 15 is 0 Å². The minimum absolute atomic E-state index is 0. The molecular weight excluding hydrogens is 465 g/mol. The van der Waals surface area contributed by atoms with Gasteiger partial charge in [0.05, 0.1) is 18.8 Å². The molecule has 0 heterocycles. The van der Waals surface area contributed by atoms with Gasteiger partial charge in [0.1, 0.15) is 0 Å². The van der Waals surface area contributed by atoms with Crippen molar-refractivity contribution in [1.29, 1.82) is 0 Å². The molecule has 3 rings (SSSR count). The molecule has 0 aliphatic rings. The molecule has 32 heavy (non-hydrogen) atoms. The molecule has 0 spiro atoms. The van der Waals surface area contributed by atoms with E-state index in [2.05, 4.69) is 61.6 Å². The van der Waals surface area contributed by atoms with Crippen LogP contribution in [0.2, 0.25) is 10.0 Å². The van der Waals surface area contributed by atoms with Gasteiger partial charge in [-0.3, -0.25) is 0 Å². The molecule has 3 aromatic carbocycles. The topological polar surface area (TPSA) is 41.5 Å². The number of hydrogen-bond acceptors (Lipinski definition) is 3. The van der Waals surface area contributed by atoms with Crippen molar-refractivity contribution in [3.05, 3.63) is 81.8 Å². The summed E-state index contributed by atoms with van der Waals surface area (Å²) in [5.74, 6) is 0. The third kappa shape index (κ3) is 7.34. The molecule has 2 atom stereocenters. The number of β-amino-alcohol motifs (C(OH)–C–C–N with tert-alkyl or cyclic N) is 1. The summed E-state index contributed by atoms with van der Waals surface area (Å²) in [6.45, 7) is 6.95. The molecule has 3 aromatic rings. The standard InChI is InChI=1S/C26H31Cl2NO2.ClH/c1-4-24(25-22(27)10-7-11-23(25)28)31-17-21(30)16-29-26(2,3)15-18-12-13-19-8-5-6-9-20(19)14-18;/h5-14,21,24,29-30H,4,15-17H2,1-3H3;1H/t21-,24?;/m1./s1. The summed E-state index contributed by atoms with van der Waals surface area (Å²) in [6, 6.07) is 20.4. The van der Waals surface area contributed by atoms with E-state index in [0.717, 1.165) is 18.4 Å². The zero-order valence-electron chi connectivity index (χ0n) is 18.8. The Bertz CT molecular complexity index is 989. The molecule has 0 saturated heterocycles. The van der Waals surface area contributed by atoms with E-state index < -0.39 is 6.10 Å². The minimum Gasteiger partial charge on any atom is -0.389 e. The molecular formula is C26H32Cl3NO2. The zero-order chi connectivity index (χ0) is 22.4. The highest BCUT2D eigenvalue weighted by atomic mass is 35.5. The highest BCUT2D eigenvalue weighted by Crippen LogP contribution is 2.34. The fourth-order valence-electron chi connectivity index (χ4n) is 3.83. The third-order valence-electron chi connectivity index (χ3n) is 5.46. The Labute approximate surface area is 207 Å². The Morgan fingerprint density at radius 3 is 2.28 bits per heavy atom. The van der Waals surface area contributed by atoms with Gasteiger partial charge in [-0.15, -0.1) is 12.4 Å². The van der Waals surface area contributed by atoms with E-state index in [4.69, 9.17) is 27.9 Å². The predicted octanol–water partition coefficient (Wildman–Crippen LogP) is 7.01. The molecule has 0 saturated carbocycles. The molecule has 174 valence electrons. The molecule has 0 aromatic heterocycles. The molecule has 0 fully saturated rings. The van der Waals surface area contributed by atoms with Crippen molar-refractivity contribution in [3.63, 3.8) is 0 Å². The lowest BCUT2D eigenvalue weighted by Gasteiger charge is -2.29. The van der Waals surface area contributed by atoms with Crippen LogP contribution in [0.4, 0.5) is 0 Å². The van der Waals surface area contributed by atoms with E-state index in [1.807, 2.05) is 25.1 Å². The van der Waals surface area contributed by atoms with Crippen molar-refractivity contribution in [3.8, 4) is 0 Å². The number of hydrogen-bond donors (Lipinski definition) is 2. The van der Waals surface area contributed by atoms with Gasteiger partial charge in [0.15, 0.2) is 0 Å². The average Bonchev–Trinajstić information content (AvgIpc) is 2.74. The van der Waals surface area contributed by atoms with Crippen LogP contribution in [0.5, 0.6) is 0 Å². The monoisotopic (exact) mass is 495 g/mol. The lowest BCUT2D eigenvalue weighted by Crippen LogP contribution is -2.46. The molecule has 0 aliphatic heterocycles. The first-order chi connectivity index (χ1) is 14.8. The van der Waals surface area contributed by atoms with Crippen LogP contribution in [-0.4, -0.2) is 29.9 Å². The van der Waals surface area contributed by atoms with Gasteiger partial charge >= 0.3 is 0 Å². The second kappa shape index (κ2) is 12.2. The van der Waals surface area contributed by atoms with Crippen molar-refractivity contribution >= 4 is 46.4 Å². The maximum atomic E-state index is 10.5. The normalized spacial score (nSPS) is 13.6. The van der Waals surface area contributed by atoms with Crippen LogP contribution in [-0.2, 0) is 11.2 Å². The number of fused-ring (bicyclic) bond motifs is 1. The first kappa shape index (κ1) is 26.9. The van der Waals surface area contributed by atoms with Crippen LogP contribution in [0.25, 0.3) is 10.8 Å². The van der Waals surface area contributed by atoms with Crippen molar-refractivity contribution in [2.75, 3.05) is 13.2 Å². The summed E-state index contributed by atoms with van der Waals surface area (Å²) >= 11 is 12.6. The molecule has 2 N–H and O–H groups in total. The summed E-state index contributed by atoms with van der Waals surface area (Å²) in [4.78, 5) is 0. The number of benzene rings is 3. The van der Waals surface area contributed by atoms with Crippen LogP contribution >= 0.6 is 35.6 Å². The fourth-order valence-corrected chi connectivity index (χ4v) is 4.47. The van der Waals surface area contributed by atoms with Gasteiger partial charge in [0.25, 0.3) is 0 Å². The summed E-state index contributed by atoms with van der Waals surface area (Å²) in [5.41, 5.74) is 1.88. The maximum Gasteiger partial charge on any atom is 0.0898 e. The van der Waals surface area contributed by atoms with E-state index in [1.54, 1.807) is 0 Å². The van der Waals surface area contributed by atoms with Crippen LogP contribution < -0.4 is 5.32 Å². The van der Waals surface area contributed by atoms with Crippen LogP contribution in [0.15, 0.2) is 60.7 Å². The van der Waals surface area contributed by atoms with Crippen molar-refractivity contribution in [1.82, 2.24) is 5.32 Å². The molecule has 1 unspecified atom stereocenters. The summed E-state index contributed by atoms with van der Waals surface area (Å²) in [7, 11) is 0. The highest BCUT2D eigenvalue weighted by Gasteiger charge is 2.22. The van der Waals surface area contributed by atoms with E-state index in [1.165, 1.54) is 16.3 Å². The fraction of sp³-hybridized carbons (Fsp3) is 0.385. The number of halogens is 3. The SMILES string of the molecule is CCC(OC[C@H](O)CNC(C)(C)Cc1ccc2ccccc2c1)c1c(Cl)cccc1Cl.Cl. The van der Waals surface area contributed by atoms with Gasteiger partial charge in [0.2, 0.25) is 0 Å². The van der Waals surface area contributed by atoms with E-state index in [9.17, 15) is 5.11 Å². The summed E-state index contributed by atoms with van der Waals surface area (Å²) in [6.07, 6.45) is 0.697. The number of aliphatic hydroxyl groups is 1. The quantitative estimate of drug-likeness (QED) is 0.317. The maximum absolute atomic E-state index is 10.5. The van der Waals surface area contributed by atoms with Crippen LogP contribution in [0.1, 0.15) is 44.4 Å². The minimum atomic E-state index is -0.633. The number of aliphatic hydroxyl groups excluding tert-OH is 1. The van der Waals surface area contributed by atoms with Crippen LogP contribution in [0.3, 0.4) is 0 Å². The second-order valence-electron chi connectivity index (χ2n) is 8.64. The van der Waals surface area contributed by atoms with E-state index in [-0.39, 0.29) is 30.7 Å². The number of rotatable bonds is 10. The molecule has 0 aliphatic carbocycles. The molecule has 0 amide bonds. The molecule has 3 nitrogen and oxygen atoms in total. The zero-order valence-corrected chi connectivity index (χ0v) is 21.1. The predicted molar refractivity (Wildman–Crippen MR) is 138 cm³/mol. The Hall–Kier alpha value is -1.33. The van der Waals surface area contributed by atoms with Crippen molar-refractivity contribution in [2.24, 2.45) is 0 Å². The molecule has 0 bridgehead atoms. The lowest BCUT2D eigenvalue weighted by molar-refractivity contribution is -0.0132. The summed E-state index contributed by atoms with van der Waals surface area (Å²) < 4.78 is 5.97. The van der Waals surface area contributed by atoms with Gasteiger partial charge in [-0.25, -0.2) is 0 Å². The van der Waals surface area contributed by atoms with Crippen LogP contribution in [0, 0.1) is 0 Å². The number of ether oxygens (including phenoxy) is 1. The van der Waals surface area contributed by atoms with Gasteiger partial charge in [-0.2, -0.15) is 0 Å². The number of nitrogens with one attached hydrogen (secondary N) is 1. The summed E-state index contributed by atoms with van der Waals surface area (Å²) in [5, 5.41) is 17.6. The molecule has 6 heteroatoms. The van der Waals surface area contributed by atoms with Crippen molar-refractivity contribution < 1.29 is 9.84 Å². The van der Waals surface area contributed by atoms with E-state index in [0.29, 0.717) is 16.6 Å². The third-order valence-corrected chi connectivity index (χ3v) is 6.12. The Morgan fingerprint density at radius 1 is 0.969 bits per heavy atom. The molecule has 0 radical (unpaired) electrons. The van der Waals surface area contributed by atoms with Crippen molar-refractivity contribution in [2.45, 2.75) is 51.4 Å². The Morgan fingerprint density at radius 2 is 1.62 bits per heavy atom. The lowest BCUT2D eigenvalue weighted by atomic mass is 9.93. The highest BCUT2D eigenvalue weighted by molar-refractivity contribution is 6.36. The Kier molecular flexibility index (Phi) is 10.3.